The molecule has 0 aromatic heterocycles. The molecule has 27 heavy (non-hydrogen) atoms. The van der Waals surface area contributed by atoms with Crippen molar-refractivity contribution in [3.63, 3.8) is 0 Å². The van der Waals surface area contributed by atoms with Crippen molar-refractivity contribution in [2.45, 2.75) is 45.3 Å². The van der Waals surface area contributed by atoms with Crippen molar-refractivity contribution < 1.29 is 28.3 Å². The van der Waals surface area contributed by atoms with Crippen LogP contribution in [-0.4, -0.2) is 46.9 Å². The van der Waals surface area contributed by atoms with Gasteiger partial charge in [-0.2, -0.15) is 0 Å². The zero-order valence-electron chi connectivity index (χ0n) is 15.4. The quantitative estimate of drug-likeness (QED) is 0.555. The highest BCUT2D eigenvalue weighted by Gasteiger charge is 2.49. The lowest BCUT2D eigenvalue weighted by Crippen LogP contribution is -2.46. The Morgan fingerprint density at radius 2 is 1.89 bits per heavy atom. The summed E-state index contributed by atoms with van der Waals surface area (Å²) in [5, 5.41) is 4.90. The molecule has 0 aliphatic carbocycles. The number of nitrogens with zero attached hydrogens (tertiary/aromatic N) is 1. The maximum atomic E-state index is 13.6. The zero-order chi connectivity index (χ0) is 20.2. The van der Waals surface area contributed by atoms with Crippen LogP contribution < -0.4 is 10.6 Å². The molecule has 9 heteroatoms. The largest absolute Gasteiger partial charge is 0.451 e. The summed E-state index contributed by atoms with van der Waals surface area (Å²) in [6.07, 6.45) is -0.456. The Morgan fingerprint density at radius 1 is 1.26 bits per heavy atom. The number of benzene rings is 1. The second kappa shape index (κ2) is 8.15. The fourth-order valence-corrected chi connectivity index (χ4v) is 2.76. The smallest absolute Gasteiger partial charge is 0.327 e. The third kappa shape index (κ3) is 4.24. The molecule has 1 aliphatic heterocycles. The minimum absolute atomic E-state index is 0.0461. The van der Waals surface area contributed by atoms with Crippen LogP contribution in [0.5, 0.6) is 0 Å². The number of halogens is 1. The second-order valence-corrected chi connectivity index (χ2v) is 6.21. The van der Waals surface area contributed by atoms with Gasteiger partial charge < -0.3 is 15.4 Å². The van der Waals surface area contributed by atoms with E-state index in [4.69, 9.17) is 4.74 Å². The lowest BCUT2D eigenvalue weighted by Gasteiger charge is -2.23. The predicted molar refractivity (Wildman–Crippen MR) is 94.1 cm³/mol. The summed E-state index contributed by atoms with van der Waals surface area (Å²) >= 11 is 0. The number of urea groups is 1. The summed E-state index contributed by atoms with van der Waals surface area (Å²) < 4.78 is 18.5. The standard InChI is InChI=1S/C18H22FN3O5/c1-4-18(5-2)16(25)22(17(26)21-18)10-14(23)27-11(3)15(24)20-13-9-7-6-8-12(13)19/h6-9,11H,4-5,10H2,1-3H3,(H,20,24)(H,21,26)/t11-/m0/s1. The van der Waals surface area contributed by atoms with E-state index in [2.05, 4.69) is 10.6 Å². The average molecular weight is 379 g/mol. The Labute approximate surface area is 156 Å². The van der Waals surface area contributed by atoms with Crippen LogP contribution in [0.25, 0.3) is 0 Å². The first kappa shape index (κ1) is 20.3. The van der Waals surface area contributed by atoms with Crippen molar-refractivity contribution in [3.05, 3.63) is 30.1 Å². The van der Waals surface area contributed by atoms with Gasteiger partial charge in [-0.15, -0.1) is 0 Å². The molecule has 2 N–H and O–H groups in total. The number of imide groups is 1. The number of rotatable bonds is 7. The molecule has 0 bridgehead atoms. The number of carbonyl (C=O) groups excluding carboxylic acids is 4. The third-order valence-electron chi connectivity index (χ3n) is 4.55. The van der Waals surface area contributed by atoms with Crippen molar-refractivity contribution in [3.8, 4) is 0 Å². The van der Waals surface area contributed by atoms with Gasteiger partial charge >= 0.3 is 12.0 Å². The lowest BCUT2D eigenvalue weighted by molar-refractivity contribution is -0.155. The van der Waals surface area contributed by atoms with Crippen molar-refractivity contribution in [2.24, 2.45) is 0 Å². The summed E-state index contributed by atoms with van der Waals surface area (Å²) in [5.74, 6) is -2.78. The Bertz CT molecular complexity index is 763. The average Bonchev–Trinajstić information content (AvgIpc) is 2.88. The minimum Gasteiger partial charge on any atom is -0.451 e. The number of anilines is 1. The third-order valence-corrected chi connectivity index (χ3v) is 4.55. The van der Waals surface area contributed by atoms with Crippen LogP contribution in [0.4, 0.5) is 14.9 Å². The van der Waals surface area contributed by atoms with E-state index in [9.17, 15) is 23.6 Å². The molecular weight excluding hydrogens is 357 g/mol. The molecule has 0 radical (unpaired) electrons. The summed E-state index contributed by atoms with van der Waals surface area (Å²) in [4.78, 5) is 49.3. The zero-order valence-corrected chi connectivity index (χ0v) is 15.4. The molecule has 4 amide bonds. The maximum Gasteiger partial charge on any atom is 0.327 e. The van der Waals surface area contributed by atoms with Gasteiger partial charge in [0, 0.05) is 0 Å². The summed E-state index contributed by atoms with van der Waals surface area (Å²) in [7, 11) is 0. The molecule has 1 fully saturated rings. The van der Waals surface area contributed by atoms with Gasteiger partial charge in [-0.1, -0.05) is 26.0 Å². The minimum atomic E-state index is -1.24. The molecule has 1 atom stereocenters. The highest BCUT2D eigenvalue weighted by molar-refractivity contribution is 6.08. The number of hydrogen-bond donors (Lipinski definition) is 2. The van der Waals surface area contributed by atoms with Crippen LogP contribution >= 0.6 is 0 Å². The van der Waals surface area contributed by atoms with Crippen LogP contribution in [0.3, 0.4) is 0 Å². The summed E-state index contributed by atoms with van der Waals surface area (Å²) in [6, 6.07) is 4.88. The molecule has 0 saturated carbocycles. The fraction of sp³-hybridized carbons (Fsp3) is 0.444. The van der Waals surface area contributed by atoms with E-state index in [1.807, 2.05) is 0 Å². The number of esters is 1. The van der Waals surface area contributed by atoms with E-state index in [1.54, 1.807) is 19.9 Å². The topological polar surface area (TPSA) is 105 Å². The van der Waals surface area contributed by atoms with E-state index < -0.39 is 47.8 Å². The van der Waals surface area contributed by atoms with Gasteiger partial charge in [0.2, 0.25) is 0 Å². The highest BCUT2D eigenvalue weighted by Crippen LogP contribution is 2.24. The van der Waals surface area contributed by atoms with Crippen LogP contribution in [0, 0.1) is 5.82 Å². The first-order valence-electron chi connectivity index (χ1n) is 8.63. The molecule has 0 unspecified atom stereocenters. The van der Waals surface area contributed by atoms with E-state index >= 15 is 0 Å². The van der Waals surface area contributed by atoms with E-state index in [0.29, 0.717) is 12.8 Å². The SMILES string of the molecule is CCC1(CC)NC(=O)N(CC(=O)O[C@@H](C)C(=O)Nc2ccccc2F)C1=O. The Hall–Kier alpha value is -2.97. The second-order valence-electron chi connectivity index (χ2n) is 6.21. The van der Waals surface area contributed by atoms with Gasteiger partial charge in [-0.05, 0) is 31.9 Å². The van der Waals surface area contributed by atoms with Crippen LogP contribution in [0.2, 0.25) is 0 Å². The van der Waals surface area contributed by atoms with Crippen molar-refractivity contribution >= 4 is 29.5 Å². The first-order chi connectivity index (χ1) is 12.7. The number of nitrogens with one attached hydrogen (secondary N) is 2. The molecule has 1 heterocycles. The normalized spacial score (nSPS) is 16.7. The summed E-state index contributed by atoms with van der Waals surface area (Å²) in [6.45, 7) is 4.23. The van der Waals surface area contributed by atoms with Crippen LogP contribution in [0.1, 0.15) is 33.6 Å². The van der Waals surface area contributed by atoms with Crippen molar-refractivity contribution in [1.82, 2.24) is 10.2 Å². The molecule has 146 valence electrons. The number of para-hydroxylation sites is 1. The summed E-state index contributed by atoms with van der Waals surface area (Å²) in [5.41, 5.74) is -1.07. The van der Waals surface area contributed by atoms with E-state index in [-0.39, 0.29) is 5.69 Å². The fourth-order valence-electron chi connectivity index (χ4n) is 2.76. The molecule has 1 aromatic rings. The molecule has 1 saturated heterocycles. The van der Waals surface area contributed by atoms with Crippen LogP contribution in [0.15, 0.2) is 24.3 Å². The van der Waals surface area contributed by atoms with Gasteiger partial charge in [0.15, 0.2) is 6.10 Å². The van der Waals surface area contributed by atoms with Gasteiger partial charge in [-0.3, -0.25) is 19.3 Å². The lowest BCUT2D eigenvalue weighted by atomic mass is 9.93. The van der Waals surface area contributed by atoms with E-state index in [1.165, 1.54) is 25.1 Å². The molecule has 8 nitrogen and oxygen atoms in total. The van der Waals surface area contributed by atoms with E-state index in [0.717, 1.165) is 4.90 Å². The first-order valence-corrected chi connectivity index (χ1v) is 8.63. The Balaban J connectivity index is 1.95. The number of amides is 4. The van der Waals surface area contributed by atoms with Crippen LogP contribution in [-0.2, 0) is 19.1 Å². The molecular formula is C18H22FN3O5. The number of hydrogen-bond acceptors (Lipinski definition) is 5. The number of ether oxygens (including phenoxy) is 1. The molecule has 2 rings (SSSR count). The van der Waals surface area contributed by atoms with Gasteiger partial charge in [0.05, 0.1) is 5.69 Å². The van der Waals surface area contributed by atoms with Gasteiger partial charge in [-0.25, -0.2) is 9.18 Å². The Kier molecular flexibility index (Phi) is 6.14. The molecule has 1 aliphatic rings. The van der Waals surface area contributed by atoms with Gasteiger partial charge in [0.25, 0.3) is 11.8 Å². The Morgan fingerprint density at radius 3 is 2.44 bits per heavy atom. The molecule has 1 aromatic carbocycles. The predicted octanol–water partition coefficient (Wildman–Crippen LogP) is 1.81. The van der Waals surface area contributed by atoms with Gasteiger partial charge in [0.1, 0.15) is 17.9 Å². The van der Waals surface area contributed by atoms with Crippen molar-refractivity contribution in [1.29, 1.82) is 0 Å². The highest BCUT2D eigenvalue weighted by atomic mass is 19.1. The maximum absolute atomic E-state index is 13.6. The molecule has 0 spiro atoms. The number of carbonyl (C=O) groups is 4. The van der Waals surface area contributed by atoms with Crippen molar-refractivity contribution in [2.75, 3.05) is 11.9 Å². The monoisotopic (exact) mass is 379 g/mol.